The van der Waals surface area contributed by atoms with Crippen molar-refractivity contribution in [3.05, 3.63) is 89.6 Å². The lowest BCUT2D eigenvalue weighted by molar-refractivity contribution is 0.413. The highest BCUT2D eigenvalue weighted by Crippen LogP contribution is 2.40. The van der Waals surface area contributed by atoms with Crippen LogP contribution in [0.1, 0.15) is 5.56 Å². The molecule has 8 heteroatoms. The molecule has 0 saturated carbocycles. The fraction of sp³-hybridized carbons (Fsp3) is 0.111. The first-order valence-electron chi connectivity index (χ1n) is 11.1. The van der Waals surface area contributed by atoms with Crippen LogP contribution in [0.3, 0.4) is 0 Å². The molecule has 0 bridgehead atoms. The number of halogens is 2. The highest BCUT2D eigenvalue weighted by molar-refractivity contribution is 6.30. The number of nitrogens with zero attached hydrogens (tertiary/aromatic N) is 5. The minimum absolute atomic E-state index is 0.353. The molecule has 0 fully saturated rings. The van der Waals surface area contributed by atoms with Crippen molar-refractivity contribution < 1.29 is 9.13 Å². The molecule has 6 nitrogen and oxygen atoms in total. The van der Waals surface area contributed by atoms with Crippen LogP contribution in [0.4, 0.5) is 15.9 Å². The van der Waals surface area contributed by atoms with E-state index in [-0.39, 0.29) is 5.82 Å². The van der Waals surface area contributed by atoms with Gasteiger partial charge in [-0.05, 0) is 60.0 Å². The highest BCUT2D eigenvalue weighted by atomic mass is 35.5. The molecule has 3 heterocycles. The second-order valence-corrected chi connectivity index (χ2v) is 8.65. The van der Waals surface area contributed by atoms with Gasteiger partial charge in [-0.1, -0.05) is 17.7 Å². The minimum Gasteiger partial charge on any atom is -0.496 e. The summed E-state index contributed by atoms with van der Waals surface area (Å²) in [6.45, 7) is 0.773. The average molecular weight is 484 g/mol. The van der Waals surface area contributed by atoms with Crippen LogP contribution in [-0.4, -0.2) is 33.6 Å². The summed E-state index contributed by atoms with van der Waals surface area (Å²) >= 11 is 6.23. The van der Waals surface area contributed by atoms with E-state index in [9.17, 15) is 4.39 Å². The van der Waals surface area contributed by atoms with Crippen molar-refractivity contribution in [3.63, 3.8) is 0 Å². The molecule has 0 N–H and O–H groups in total. The molecule has 172 valence electrons. The normalized spacial score (nSPS) is 12.7. The second-order valence-electron chi connectivity index (χ2n) is 8.21. The lowest BCUT2D eigenvalue weighted by Crippen LogP contribution is -2.16. The Bertz CT molecular complexity index is 1580. The van der Waals surface area contributed by atoms with Gasteiger partial charge in [0.05, 0.1) is 18.8 Å². The molecular weight excluding hydrogens is 465 g/mol. The zero-order valence-corrected chi connectivity index (χ0v) is 19.5. The van der Waals surface area contributed by atoms with Gasteiger partial charge in [0.15, 0.2) is 5.82 Å². The quantitative estimate of drug-likeness (QED) is 0.301. The van der Waals surface area contributed by atoms with E-state index in [1.54, 1.807) is 24.7 Å². The predicted molar refractivity (Wildman–Crippen MR) is 135 cm³/mol. The van der Waals surface area contributed by atoms with E-state index in [0.29, 0.717) is 17.3 Å². The maximum atomic E-state index is 13.8. The van der Waals surface area contributed by atoms with E-state index >= 15 is 0 Å². The van der Waals surface area contributed by atoms with E-state index in [4.69, 9.17) is 26.3 Å². The first kappa shape index (κ1) is 21.4. The maximum absolute atomic E-state index is 13.8. The Kier molecular flexibility index (Phi) is 5.26. The van der Waals surface area contributed by atoms with Gasteiger partial charge in [-0.2, -0.15) is 0 Å². The third kappa shape index (κ3) is 3.84. The SMILES string of the molecule is COc1cc(F)ccc1-c1ccc2c(N3CCc4cc(Cl)ccc43)nc(-c3cnccn3)nc2c1. The lowest BCUT2D eigenvalue weighted by Gasteiger charge is -2.21. The minimum atomic E-state index is -0.353. The summed E-state index contributed by atoms with van der Waals surface area (Å²) in [5, 5.41) is 1.61. The molecule has 1 aliphatic heterocycles. The van der Waals surface area contributed by atoms with Crippen molar-refractivity contribution in [2.75, 3.05) is 18.6 Å². The molecule has 2 aromatic heterocycles. The van der Waals surface area contributed by atoms with Gasteiger partial charge in [-0.25, -0.2) is 19.3 Å². The van der Waals surface area contributed by atoms with Gasteiger partial charge in [-0.3, -0.25) is 4.98 Å². The number of anilines is 2. The van der Waals surface area contributed by atoms with Gasteiger partial charge in [0.2, 0.25) is 0 Å². The zero-order chi connectivity index (χ0) is 23.9. The highest BCUT2D eigenvalue weighted by Gasteiger charge is 2.25. The summed E-state index contributed by atoms with van der Waals surface area (Å²) in [6.07, 6.45) is 5.75. The molecule has 0 atom stereocenters. The Morgan fingerprint density at radius 2 is 1.91 bits per heavy atom. The molecule has 0 spiro atoms. The number of ether oxygens (including phenoxy) is 1. The molecule has 1 aliphatic rings. The van der Waals surface area contributed by atoms with Crippen LogP contribution >= 0.6 is 11.6 Å². The predicted octanol–water partition coefficient (Wildman–Crippen LogP) is 6.25. The van der Waals surface area contributed by atoms with E-state index in [1.165, 1.54) is 24.8 Å². The molecule has 0 unspecified atom stereocenters. The van der Waals surface area contributed by atoms with Gasteiger partial charge >= 0.3 is 0 Å². The van der Waals surface area contributed by atoms with Crippen LogP contribution in [0.15, 0.2) is 73.2 Å². The Morgan fingerprint density at radius 1 is 1.00 bits per heavy atom. The van der Waals surface area contributed by atoms with Crippen LogP contribution in [0, 0.1) is 5.82 Å². The van der Waals surface area contributed by atoms with Gasteiger partial charge in [0.25, 0.3) is 0 Å². The summed E-state index contributed by atoms with van der Waals surface area (Å²) in [5.41, 5.74) is 5.20. The fourth-order valence-corrected chi connectivity index (χ4v) is 4.70. The number of rotatable bonds is 4. The number of fused-ring (bicyclic) bond motifs is 2. The van der Waals surface area contributed by atoms with Crippen LogP contribution in [-0.2, 0) is 6.42 Å². The van der Waals surface area contributed by atoms with Gasteiger partial charge in [0.1, 0.15) is 23.1 Å². The monoisotopic (exact) mass is 483 g/mol. The molecular formula is C27H19ClFN5O. The van der Waals surface area contributed by atoms with Gasteiger partial charge in [0, 0.05) is 46.7 Å². The van der Waals surface area contributed by atoms with Crippen molar-refractivity contribution in [1.29, 1.82) is 0 Å². The molecule has 3 aromatic carbocycles. The summed E-state index contributed by atoms with van der Waals surface area (Å²) in [4.78, 5) is 20.5. The van der Waals surface area contributed by atoms with Crippen molar-refractivity contribution in [3.8, 4) is 28.4 Å². The molecule has 0 aliphatic carbocycles. The first-order valence-corrected chi connectivity index (χ1v) is 11.5. The van der Waals surface area contributed by atoms with Crippen LogP contribution in [0.2, 0.25) is 5.02 Å². The lowest BCUT2D eigenvalue weighted by atomic mass is 10.0. The summed E-state index contributed by atoms with van der Waals surface area (Å²) < 4.78 is 19.2. The maximum Gasteiger partial charge on any atom is 0.182 e. The number of aromatic nitrogens is 4. The van der Waals surface area contributed by atoms with Crippen molar-refractivity contribution in [1.82, 2.24) is 19.9 Å². The molecule has 6 rings (SSSR count). The van der Waals surface area contributed by atoms with Crippen LogP contribution in [0.25, 0.3) is 33.5 Å². The second kappa shape index (κ2) is 8.60. The van der Waals surface area contributed by atoms with Crippen molar-refractivity contribution >= 4 is 34.0 Å². The largest absolute Gasteiger partial charge is 0.496 e. The molecule has 35 heavy (non-hydrogen) atoms. The van der Waals surface area contributed by atoms with Gasteiger partial charge < -0.3 is 9.64 Å². The molecule has 5 aromatic rings. The first-order chi connectivity index (χ1) is 17.1. The van der Waals surface area contributed by atoms with E-state index in [2.05, 4.69) is 14.9 Å². The van der Waals surface area contributed by atoms with Crippen molar-refractivity contribution in [2.45, 2.75) is 6.42 Å². The number of hydrogen-bond acceptors (Lipinski definition) is 6. The summed E-state index contributed by atoms with van der Waals surface area (Å²) in [6, 6.07) is 16.4. The number of methoxy groups -OCH3 is 1. The van der Waals surface area contributed by atoms with E-state index in [1.807, 2.05) is 36.4 Å². The summed E-state index contributed by atoms with van der Waals surface area (Å²) in [7, 11) is 1.53. The number of benzene rings is 3. The third-order valence-electron chi connectivity index (χ3n) is 6.14. The summed E-state index contributed by atoms with van der Waals surface area (Å²) in [5.74, 6) is 1.37. The van der Waals surface area contributed by atoms with E-state index < -0.39 is 0 Å². The Hall–Kier alpha value is -4.10. The molecule has 0 amide bonds. The molecule has 0 radical (unpaired) electrons. The number of hydrogen-bond donors (Lipinski definition) is 0. The average Bonchev–Trinajstić information content (AvgIpc) is 3.31. The smallest absolute Gasteiger partial charge is 0.182 e. The Balaban J connectivity index is 1.57. The zero-order valence-electron chi connectivity index (χ0n) is 18.7. The van der Waals surface area contributed by atoms with E-state index in [0.717, 1.165) is 51.5 Å². The van der Waals surface area contributed by atoms with Gasteiger partial charge in [-0.15, -0.1) is 0 Å². The fourth-order valence-electron chi connectivity index (χ4n) is 4.51. The molecule has 0 saturated heterocycles. The Labute approximate surface area is 206 Å². The Morgan fingerprint density at radius 3 is 2.74 bits per heavy atom. The van der Waals surface area contributed by atoms with Crippen LogP contribution in [0.5, 0.6) is 5.75 Å². The third-order valence-corrected chi connectivity index (χ3v) is 6.37. The van der Waals surface area contributed by atoms with Crippen LogP contribution < -0.4 is 9.64 Å². The topological polar surface area (TPSA) is 64.0 Å². The van der Waals surface area contributed by atoms with Crippen molar-refractivity contribution in [2.24, 2.45) is 0 Å². The standard InChI is InChI=1S/C27H19ClFN5O/c1-35-25-14-19(29)4-6-20(25)16-2-5-21-22(13-16)32-26(23-15-30-9-10-31-23)33-27(21)34-11-8-17-12-18(28)3-7-24(17)34/h2-7,9-10,12-15H,8,11H2,1H3.